The lowest BCUT2D eigenvalue weighted by atomic mass is 10.1. The number of carbonyl (C=O) groups is 1. The molecule has 0 aliphatic carbocycles. The van der Waals surface area contributed by atoms with Crippen LogP contribution in [0.5, 0.6) is 5.75 Å². The Kier molecular flexibility index (Phi) is 4.97. The fourth-order valence-corrected chi connectivity index (χ4v) is 2.00. The largest absolute Gasteiger partial charge is 0.493 e. The van der Waals surface area contributed by atoms with Gasteiger partial charge in [0.2, 0.25) is 0 Å². The van der Waals surface area contributed by atoms with Crippen LogP contribution in [0.1, 0.15) is 22.8 Å². The van der Waals surface area contributed by atoms with Crippen molar-refractivity contribution in [3.8, 4) is 5.75 Å². The molecule has 0 aliphatic heterocycles. The summed E-state index contributed by atoms with van der Waals surface area (Å²) in [5.74, 6) is 0.684. The van der Waals surface area contributed by atoms with Crippen LogP contribution in [0.15, 0.2) is 54.6 Å². The van der Waals surface area contributed by atoms with Crippen LogP contribution in [-0.4, -0.2) is 12.4 Å². The van der Waals surface area contributed by atoms with E-state index in [1.165, 1.54) is 6.08 Å². The average Bonchev–Trinajstić information content (AvgIpc) is 2.46. The molecule has 2 aromatic carbocycles. The van der Waals surface area contributed by atoms with Gasteiger partial charge in [-0.15, -0.1) is 0 Å². The molecule has 0 heterocycles. The van der Waals surface area contributed by atoms with E-state index in [9.17, 15) is 4.79 Å². The molecule has 0 saturated carbocycles. The minimum Gasteiger partial charge on any atom is -0.493 e. The number of ether oxygens (including phenoxy) is 1. The summed E-state index contributed by atoms with van der Waals surface area (Å²) in [6.45, 7) is 2.52. The van der Waals surface area contributed by atoms with Crippen LogP contribution in [0.3, 0.4) is 0 Å². The van der Waals surface area contributed by atoms with E-state index in [0.29, 0.717) is 17.2 Å². The number of ketones is 1. The zero-order valence-electron chi connectivity index (χ0n) is 11.2. The van der Waals surface area contributed by atoms with Crippen LogP contribution in [-0.2, 0) is 0 Å². The van der Waals surface area contributed by atoms with Crippen LogP contribution in [0, 0.1) is 0 Å². The lowest BCUT2D eigenvalue weighted by Gasteiger charge is -2.06. The van der Waals surface area contributed by atoms with Crippen molar-refractivity contribution in [3.05, 3.63) is 70.8 Å². The normalized spacial score (nSPS) is 10.7. The van der Waals surface area contributed by atoms with E-state index in [4.69, 9.17) is 16.3 Å². The zero-order valence-corrected chi connectivity index (χ0v) is 11.9. The lowest BCUT2D eigenvalue weighted by molar-refractivity contribution is 0.104. The van der Waals surface area contributed by atoms with Crippen molar-refractivity contribution >= 4 is 23.5 Å². The Labute approximate surface area is 123 Å². The summed E-state index contributed by atoms with van der Waals surface area (Å²) in [4.78, 5) is 12.1. The molecule has 0 aliphatic rings. The first-order valence-corrected chi connectivity index (χ1v) is 6.78. The molecule has 3 heteroatoms. The predicted molar refractivity (Wildman–Crippen MR) is 82.4 cm³/mol. The van der Waals surface area contributed by atoms with Gasteiger partial charge in [-0.1, -0.05) is 41.9 Å². The van der Waals surface area contributed by atoms with Crippen LogP contribution in [0.4, 0.5) is 0 Å². The highest BCUT2D eigenvalue weighted by Crippen LogP contribution is 2.20. The highest BCUT2D eigenvalue weighted by atomic mass is 35.5. The number of benzene rings is 2. The number of hydrogen-bond donors (Lipinski definition) is 0. The predicted octanol–water partition coefficient (Wildman–Crippen LogP) is 4.63. The molecule has 0 atom stereocenters. The third-order valence-corrected chi connectivity index (χ3v) is 2.98. The maximum absolute atomic E-state index is 12.1. The Balaban J connectivity index is 2.19. The van der Waals surface area contributed by atoms with E-state index in [1.54, 1.807) is 30.3 Å². The molecule has 0 N–H and O–H groups in total. The molecule has 0 radical (unpaired) electrons. The topological polar surface area (TPSA) is 26.3 Å². The van der Waals surface area contributed by atoms with Crippen LogP contribution in [0.2, 0.25) is 5.02 Å². The van der Waals surface area contributed by atoms with Gasteiger partial charge in [0.25, 0.3) is 0 Å². The summed E-state index contributed by atoms with van der Waals surface area (Å²) in [5.41, 5.74) is 1.45. The number of hydrogen-bond acceptors (Lipinski definition) is 2. The molecule has 0 spiro atoms. The van der Waals surface area contributed by atoms with Gasteiger partial charge in [0.05, 0.1) is 6.61 Å². The van der Waals surface area contributed by atoms with Crippen molar-refractivity contribution in [2.45, 2.75) is 6.92 Å². The molecular formula is C17H15ClO2. The van der Waals surface area contributed by atoms with Crippen LogP contribution < -0.4 is 4.74 Å². The molecule has 20 heavy (non-hydrogen) atoms. The first-order valence-electron chi connectivity index (χ1n) is 6.40. The monoisotopic (exact) mass is 286 g/mol. The van der Waals surface area contributed by atoms with Gasteiger partial charge in [0, 0.05) is 16.1 Å². The highest BCUT2D eigenvalue weighted by molar-refractivity contribution is 6.31. The Morgan fingerprint density at radius 3 is 2.75 bits per heavy atom. The molecular weight excluding hydrogens is 272 g/mol. The van der Waals surface area contributed by atoms with Crippen molar-refractivity contribution in [3.63, 3.8) is 0 Å². The zero-order chi connectivity index (χ0) is 14.4. The lowest BCUT2D eigenvalue weighted by Crippen LogP contribution is -1.95. The van der Waals surface area contributed by atoms with Crippen LogP contribution in [0.25, 0.3) is 6.08 Å². The smallest absolute Gasteiger partial charge is 0.185 e. The van der Waals surface area contributed by atoms with E-state index >= 15 is 0 Å². The third kappa shape index (κ3) is 3.72. The molecule has 0 fully saturated rings. The Hall–Kier alpha value is -2.06. The summed E-state index contributed by atoms with van der Waals surface area (Å²) >= 11 is 5.88. The second-order valence-electron chi connectivity index (χ2n) is 4.18. The third-order valence-electron chi connectivity index (χ3n) is 2.74. The van der Waals surface area contributed by atoms with Gasteiger partial charge in [-0.25, -0.2) is 0 Å². The molecule has 2 aromatic rings. The molecule has 0 amide bonds. The van der Waals surface area contributed by atoms with Gasteiger partial charge in [-0.05, 0) is 37.3 Å². The number of rotatable bonds is 5. The fraction of sp³-hybridized carbons (Fsp3) is 0.118. The second kappa shape index (κ2) is 6.92. The van der Waals surface area contributed by atoms with Gasteiger partial charge >= 0.3 is 0 Å². The number of halogens is 1. The van der Waals surface area contributed by atoms with Crippen molar-refractivity contribution in [2.24, 2.45) is 0 Å². The first kappa shape index (κ1) is 14.4. The van der Waals surface area contributed by atoms with E-state index in [0.717, 1.165) is 11.3 Å². The van der Waals surface area contributed by atoms with Gasteiger partial charge in [0.1, 0.15) is 5.75 Å². The fourth-order valence-electron chi connectivity index (χ4n) is 1.81. The standard InChI is InChI=1S/C17H15ClO2/c1-2-20-17-9-4-3-6-13(17)10-11-16(19)14-7-5-8-15(18)12-14/h3-12H,2H2,1H3/b11-10+. The van der Waals surface area contributed by atoms with E-state index in [-0.39, 0.29) is 5.78 Å². The summed E-state index contributed by atoms with van der Waals surface area (Å²) in [6, 6.07) is 14.5. The Bertz CT molecular complexity index is 632. The summed E-state index contributed by atoms with van der Waals surface area (Å²) < 4.78 is 5.51. The number of allylic oxidation sites excluding steroid dienone is 1. The Morgan fingerprint density at radius 2 is 2.00 bits per heavy atom. The van der Waals surface area contributed by atoms with Crippen molar-refractivity contribution < 1.29 is 9.53 Å². The molecule has 102 valence electrons. The van der Waals surface area contributed by atoms with E-state index in [2.05, 4.69) is 0 Å². The molecule has 0 bridgehead atoms. The minimum absolute atomic E-state index is 0.0844. The average molecular weight is 287 g/mol. The summed E-state index contributed by atoms with van der Waals surface area (Å²) in [5, 5.41) is 0.555. The minimum atomic E-state index is -0.0844. The quantitative estimate of drug-likeness (QED) is 0.591. The van der Waals surface area contributed by atoms with Crippen molar-refractivity contribution in [2.75, 3.05) is 6.61 Å². The van der Waals surface area contributed by atoms with Crippen molar-refractivity contribution in [1.82, 2.24) is 0 Å². The van der Waals surface area contributed by atoms with Gasteiger partial charge < -0.3 is 4.74 Å². The van der Waals surface area contributed by atoms with Crippen molar-refractivity contribution in [1.29, 1.82) is 0 Å². The first-order chi connectivity index (χ1) is 9.70. The second-order valence-corrected chi connectivity index (χ2v) is 4.62. The summed E-state index contributed by atoms with van der Waals surface area (Å²) in [7, 11) is 0. The molecule has 0 unspecified atom stereocenters. The van der Waals surface area contributed by atoms with Gasteiger partial charge in [0.15, 0.2) is 5.78 Å². The molecule has 2 nitrogen and oxygen atoms in total. The maximum atomic E-state index is 12.1. The molecule has 0 aromatic heterocycles. The SMILES string of the molecule is CCOc1ccccc1/C=C/C(=O)c1cccc(Cl)c1. The number of carbonyl (C=O) groups excluding carboxylic acids is 1. The van der Waals surface area contributed by atoms with E-state index < -0.39 is 0 Å². The molecule has 0 saturated heterocycles. The van der Waals surface area contributed by atoms with Crippen LogP contribution >= 0.6 is 11.6 Å². The summed E-state index contributed by atoms with van der Waals surface area (Å²) in [6.07, 6.45) is 3.29. The van der Waals surface area contributed by atoms with E-state index in [1.807, 2.05) is 31.2 Å². The Morgan fingerprint density at radius 1 is 1.20 bits per heavy atom. The highest BCUT2D eigenvalue weighted by Gasteiger charge is 2.03. The van der Waals surface area contributed by atoms with Gasteiger partial charge in [-0.3, -0.25) is 4.79 Å². The maximum Gasteiger partial charge on any atom is 0.185 e. The van der Waals surface area contributed by atoms with Gasteiger partial charge in [-0.2, -0.15) is 0 Å². The molecule has 2 rings (SSSR count). The number of para-hydroxylation sites is 1.